The number of carbonyl (C=O) groups excluding carboxylic acids is 2. The predicted molar refractivity (Wildman–Crippen MR) is 62.9 cm³/mol. The van der Waals surface area contributed by atoms with Gasteiger partial charge in [-0.15, -0.1) is 0 Å². The number of rotatable bonds is 4. The molecule has 1 aliphatic heterocycles. The summed E-state index contributed by atoms with van der Waals surface area (Å²) >= 11 is 0. The fraction of sp³-hybridized carbons (Fsp3) is 0.833. The van der Waals surface area contributed by atoms with E-state index in [4.69, 9.17) is 0 Å². The van der Waals surface area contributed by atoms with Crippen molar-refractivity contribution in [3.8, 4) is 0 Å². The molecule has 4 heteroatoms. The molecule has 0 radical (unpaired) electrons. The molecule has 92 valence electrons. The lowest BCUT2D eigenvalue weighted by Gasteiger charge is -2.33. The van der Waals surface area contributed by atoms with E-state index in [0.29, 0.717) is 19.4 Å². The Bertz CT molecular complexity index is 265. The van der Waals surface area contributed by atoms with E-state index in [0.717, 1.165) is 6.54 Å². The molecule has 0 aromatic heterocycles. The Morgan fingerprint density at radius 1 is 1.25 bits per heavy atom. The third-order valence-electron chi connectivity index (χ3n) is 3.02. The Balaban J connectivity index is 2.68. The number of nitrogens with zero attached hydrogens (tertiary/aromatic N) is 1. The van der Waals surface area contributed by atoms with Crippen LogP contribution in [0.15, 0.2) is 0 Å². The molecule has 0 aromatic carbocycles. The number of carbonyl (C=O) groups is 2. The first kappa shape index (κ1) is 13.2. The van der Waals surface area contributed by atoms with Gasteiger partial charge in [0.2, 0.25) is 11.8 Å². The van der Waals surface area contributed by atoms with Crippen molar-refractivity contribution in [3.63, 3.8) is 0 Å². The Labute approximate surface area is 97.4 Å². The van der Waals surface area contributed by atoms with Crippen molar-refractivity contribution in [1.29, 1.82) is 0 Å². The van der Waals surface area contributed by atoms with Gasteiger partial charge in [-0.3, -0.25) is 14.5 Å². The quantitative estimate of drug-likeness (QED) is 0.732. The van der Waals surface area contributed by atoms with Gasteiger partial charge in [-0.2, -0.15) is 0 Å². The van der Waals surface area contributed by atoms with Gasteiger partial charge in [0, 0.05) is 25.4 Å². The molecule has 0 bridgehead atoms. The molecule has 16 heavy (non-hydrogen) atoms. The third kappa shape index (κ3) is 3.04. The van der Waals surface area contributed by atoms with Crippen LogP contribution in [0.5, 0.6) is 0 Å². The fourth-order valence-electron chi connectivity index (χ4n) is 1.90. The molecule has 1 atom stereocenters. The van der Waals surface area contributed by atoms with Crippen LogP contribution in [0.4, 0.5) is 0 Å². The zero-order valence-corrected chi connectivity index (χ0v) is 10.7. The largest absolute Gasteiger partial charge is 0.312 e. The highest BCUT2D eigenvalue weighted by molar-refractivity contribution is 6.01. The summed E-state index contributed by atoms with van der Waals surface area (Å²) in [6.45, 7) is 9.72. The Kier molecular flexibility index (Phi) is 4.08. The summed E-state index contributed by atoms with van der Waals surface area (Å²) < 4.78 is 0. The molecule has 1 heterocycles. The second kappa shape index (κ2) is 4.95. The predicted octanol–water partition coefficient (Wildman–Crippen LogP) is 1.16. The first-order valence-corrected chi connectivity index (χ1v) is 5.93. The lowest BCUT2D eigenvalue weighted by Crippen LogP contribution is -2.49. The van der Waals surface area contributed by atoms with E-state index in [1.807, 2.05) is 6.92 Å². The Morgan fingerprint density at radius 3 is 2.12 bits per heavy atom. The number of likely N-dealkylation sites (N-methyl/N-ethyl adjacent to an activating group) is 1. The van der Waals surface area contributed by atoms with Crippen LogP contribution in [-0.4, -0.2) is 35.8 Å². The standard InChI is InChI=1S/C12H22N2O2/c1-5-13-9(12(2,3)4)8-14-10(15)6-7-11(14)16/h9,13H,5-8H2,1-4H3. The first-order chi connectivity index (χ1) is 7.36. The van der Waals surface area contributed by atoms with Crippen LogP contribution >= 0.6 is 0 Å². The highest BCUT2D eigenvalue weighted by atomic mass is 16.2. The van der Waals surface area contributed by atoms with E-state index in [1.54, 1.807) is 0 Å². The van der Waals surface area contributed by atoms with Gasteiger partial charge in [0.25, 0.3) is 0 Å². The van der Waals surface area contributed by atoms with Crippen molar-refractivity contribution in [2.45, 2.75) is 46.6 Å². The molecule has 1 fully saturated rings. The number of hydrogen-bond donors (Lipinski definition) is 1. The van der Waals surface area contributed by atoms with E-state index in [1.165, 1.54) is 4.90 Å². The van der Waals surface area contributed by atoms with Crippen LogP contribution in [0.1, 0.15) is 40.5 Å². The zero-order valence-electron chi connectivity index (χ0n) is 10.7. The molecule has 1 rings (SSSR count). The minimum Gasteiger partial charge on any atom is -0.312 e. The van der Waals surface area contributed by atoms with Crippen molar-refractivity contribution < 1.29 is 9.59 Å². The van der Waals surface area contributed by atoms with Crippen molar-refractivity contribution in [2.24, 2.45) is 5.41 Å². The molecular weight excluding hydrogens is 204 g/mol. The minimum atomic E-state index is -0.0304. The van der Waals surface area contributed by atoms with Gasteiger partial charge < -0.3 is 5.32 Å². The maximum absolute atomic E-state index is 11.5. The summed E-state index contributed by atoms with van der Waals surface area (Å²) in [5, 5.41) is 3.34. The number of likely N-dealkylation sites (tertiary alicyclic amines) is 1. The van der Waals surface area contributed by atoms with E-state index < -0.39 is 0 Å². The molecular formula is C12H22N2O2. The summed E-state index contributed by atoms with van der Waals surface area (Å²) in [6, 6.07) is 0.156. The molecule has 1 N–H and O–H groups in total. The molecule has 0 aromatic rings. The van der Waals surface area contributed by atoms with Crippen LogP contribution in [0.3, 0.4) is 0 Å². The molecule has 1 unspecified atom stereocenters. The van der Waals surface area contributed by atoms with Crippen molar-refractivity contribution in [2.75, 3.05) is 13.1 Å². The number of hydrogen-bond acceptors (Lipinski definition) is 3. The maximum atomic E-state index is 11.5. The van der Waals surface area contributed by atoms with Crippen molar-refractivity contribution in [1.82, 2.24) is 10.2 Å². The van der Waals surface area contributed by atoms with Gasteiger partial charge in [0.1, 0.15) is 0 Å². The van der Waals surface area contributed by atoms with Crippen LogP contribution in [0, 0.1) is 5.41 Å². The van der Waals surface area contributed by atoms with Crippen LogP contribution in [0.2, 0.25) is 0 Å². The number of nitrogens with one attached hydrogen (secondary N) is 1. The van der Waals surface area contributed by atoms with Crippen LogP contribution in [-0.2, 0) is 9.59 Å². The second-order valence-electron chi connectivity index (χ2n) is 5.37. The molecule has 2 amide bonds. The normalized spacial score (nSPS) is 19.4. The molecule has 1 aliphatic rings. The fourth-order valence-corrected chi connectivity index (χ4v) is 1.90. The van der Waals surface area contributed by atoms with E-state index in [2.05, 4.69) is 26.1 Å². The highest BCUT2D eigenvalue weighted by Crippen LogP contribution is 2.22. The topological polar surface area (TPSA) is 49.4 Å². The summed E-state index contributed by atoms with van der Waals surface area (Å²) in [6.07, 6.45) is 0.754. The molecule has 0 saturated carbocycles. The van der Waals surface area contributed by atoms with Gasteiger partial charge in [-0.25, -0.2) is 0 Å². The first-order valence-electron chi connectivity index (χ1n) is 5.93. The average molecular weight is 226 g/mol. The van der Waals surface area contributed by atoms with Gasteiger partial charge in [0.05, 0.1) is 0 Å². The Morgan fingerprint density at radius 2 is 1.75 bits per heavy atom. The molecule has 0 aliphatic carbocycles. The highest BCUT2D eigenvalue weighted by Gasteiger charge is 2.34. The Hall–Kier alpha value is -0.900. The SMILES string of the molecule is CCNC(CN1C(=O)CCC1=O)C(C)(C)C. The van der Waals surface area contributed by atoms with Gasteiger partial charge in [-0.1, -0.05) is 27.7 Å². The smallest absolute Gasteiger partial charge is 0.229 e. The molecule has 1 saturated heterocycles. The third-order valence-corrected chi connectivity index (χ3v) is 3.02. The van der Waals surface area contributed by atoms with Crippen molar-refractivity contribution >= 4 is 11.8 Å². The summed E-state index contributed by atoms with van der Waals surface area (Å²) in [5.74, 6) is -0.0608. The molecule has 4 nitrogen and oxygen atoms in total. The maximum Gasteiger partial charge on any atom is 0.229 e. The summed E-state index contributed by atoms with van der Waals surface area (Å²) in [5.41, 5.74) is 0.0408. The second-order valence-corrected chi connectivity index (χ2v) is 5.37. The number of imide groups is 1. The number of amides is 2. The van der Waals surface area contributed by atoms with Crippen molar-refractivity contribution in [3.05, 3.63) is 0 Å². The van der Waals surface area contributed by atoms with Crippen LogP contribution < -0.4 is 5.32 Å². The van der Waals surface area contributed by atoms with Gasteiger partial charge in [-0.05, 0) is 12.0 Å². The van der Waals surface area contributed by atoms with Gasteiger partial charge >= 0.3 is 0 Å². The van der Waals surface area contributed by atoms with E-state index in [9.17, 15) is 9.59 Å². The zero-order chi connectivity index (χ0) is 12.3. The van der Waals surface area contributed by atoms with E-state index in [-0.39, 0.29) is 23.3 Å². The monoisotopic (exact) mass is 226 g/mol. The van der Waals surface area contributed by atoms with Gasteiger partial charge in [0.15, 0.2) is 0 Å². The van der Waals surface area contributed by atoms with Crippen LogP contribution in [0.25, 0.3) is 0 Å². The minimum absolute atomic E-state index is 0.0304. The summed E-state index contributed by atoms with van der Waals surface area (Å²) in [7, 11) is 0. The summed E-state index contributed by atoms with van der Waals surface area (Å²) in [4.78, 5) is 24.5. The average Bonchev–Trinajstić information content (AvgIpc) is 2.46. The lowest BCUT2D eigenvalue weighted by atomic mass is 9.86. The lowest BCUT2D eigenvalue weighted by molar-refractivity contribution is -0.139. The molecule has 0 spiro atoms. The van der Waals surface area contributed by atoms with E-state index >= 15 is 0 Å².